The van der Waals surface area contributed by atoms with Crippen LogP contribution in [0.5, 0.6) is 0 Å². The second-order valence-corrected chi connectivity index (χ2v) is 3.32. The van der Waals surface area contributed by atoms with Crippen molar-refractivity contribution in [1.82, 2.24) is 9.97 Å². The summed E-state index contributed by atoms with van der Waals surface area (Å²) in [4.78, 5) is 9.87. The molecule has 1 rings (SSSR count). The summed E-state index contributed by atoms with van der Waals surface area (Å²) in [5, 5.41) is 8.69. The molecular formula is C9H14N6. The molecule has 0 saturated heterocycles. The molecule has 0 fully saturated rings. The van der Waals surface area contributed by atoms with E-state index in [2.05, 4.69) is 21.5 Å². The number of nitrogen functional groups attached to an aromatic ring is 1. The molecular weight excluding hydrogens is 192 g/mol. The Morgan fingerprint density at radius 1 is 1.67 bits per heavy atom. The minimum absolute atomic E-state index is 0.0424. The van der Waals surface area contributed by atoms with E-state index in [9.17, 15) is 0 Å². The fourth-order valence-corrected chi connectivity index (χ4v) is 1.18. The van der Waals surface area contributed by atoms with E-state index in [-0.39, 0.29) is 5.92 Å². The average Bonchev–Trinajstić information content (AvgIpc) is 2.28. The zero-order valence-electron chi connectivity index (χ0n) is 8.81. The maximum absolute atomic E-state index is 8.69. The van der Waals surface area contributed by atoms with Crippen molar-refractivity contribution in [3.05, 3.63) is 12.4 Å². The highest BCUT2D eigenvalue weighted by molar-refractivity contribution is 5.47. The summed E-state index contributed by atoms with van der Waals surface area (Å²) in [5.41, 5.74) is 2.45. The normalized spacial score (nSPS) is 11.6. The van der Waals surface area contributed by atoms with Crippen molar-refractivity contribution in [2.75, 3.05) is 23.9 Å². The van der Waals surface area contributed by atoms with Crippen LogP contribution < -0.4 is 16.2 Å². The third-order valence-electron chi connectivity index (χ3n) is 1.96. The van der Waals surface area contributed by atoms with Crippen LogP contribution in [0.4, 0.5) is 11.6 Å². The molecule has 1 unspecified atom stereocenters. The van der Waals surface area contributed by atoms with Gasteiger partial charge < -0.3 is 10.3 Å². The van der Waals surface area contributed by atoms with E-state index in [1.807, 2.05) is 18.9 Å². The standard InChI is InChI=1S/C9H14N6/c1-7(4-10)5-15(2)9-3-8(14-11)12-6-13-9/h3,6-7H,5,11H2,1-2H3,(H,12,13,14). The first-order chi connectivity index (χ1) is 7.17. The number of hydrazine groups is 1. The zero-order chi connectivity index (χ0) is 11.3. The van der Waals surface area contributed by atoms with E-state index < -0.39 is 0 Å². The molecule has 0 aliphatic rings. The summed E-state index contributed by atoms with van der Waals surface area (Å²) in [6, 6.07) is 3.90. The Morgan fingerprint density at radius 2 is 2.40 bits per heavy atom. The highest BCUT2D eigenvalue weighted by atomic mass is 15.3. The van der Waals surface area contributed by atoms with E-state index >= 15 is 0 Å². The highest BCUT2D eigenvalue weighted by Gasteiger charge is 2.07. The topological polar surface area (TPSA) is 90.9 Å². The quantitative estimate of drug-likeness (QED) is 0.546. The first-order valence-corrected chi connectivity index (χ1v) is 4.56. The molecule has 1 atom stereocenters. The predicted octanol–water partition coefficient (Wildman–Crippen LogP) is 0.358. The molecule has 1 aromatic rings. The van der Waals surface area contributed by atoms with Crippen molar-refractivity contribution < 1.29 is 0 Å². The van der Waals surface area contributed by atoms with Crippen LogP contribution in [0, 0.1) is 17.2 Å². The van der Waals surface area contributed by atoms with Crippen molar-refractivity contribution >= 4 is 11.6 Å². The van der Waals surface area contributed by atoms with Crippen molar-refractivity contribution in [3.8, 4) is 6.07 Å². The van der Waals surface area contributed by atoms with E-state index in [0.717, 1.165) is 5.82 Å². The largest absolute Gasteiger partial charge is 0.358 e. The lowest BCUT2D eigenvalue weighted by atomic mass is 10.2. The van der Waals surface area contributed by atoms with E-state index in [1.165, 1.54) is 6.33 Å². The van der Waals surface area contributed by atoms with Gasteiger partial charge in [0.15, 0.2) is 0 Å². The molecule has 1 aromatic heterocycles. The van der Waals surface area contributed by atoms with Crippen LogP contribution in [0.2, 0.25) is 0 Å². The SMILES string of the molecule is CC(C#N)CN(C)c1cc(NN)ncn1. The fourth-order valence-electron chi connectivity index (χ4n) is 1.18. The van der Waals surface area contributed by atoms with E-state index in [1.54, 1.807) is 6.07 Å². The van der Waals surface area contributed by atoms with Gasteiger partial charge in [0.1, 0.15) is 18.0 Å². The molecule has 0 aliphatic carbocycles. The third kappa shape index (κ3) is 3.07. The average molecular weight is 206 g/mol. The molecule has 0 spiro atoms. The van der Waals surface area contributed by atoms with Gasteiger partial charge in [-0.05, 0) is 6.92 Å². The van der Waals surface area contributed by atoms with Crippen LogP contribution >= 0.6 is 0 Å². The second-order valence-electron chi connectivity index (χ2n) is 3.32. The fraction of sp³-hybridized carbons (Fsp3) is 0.444. The van der Waals surface area contributed by atoms with Gasteiger partial charge in [-0.3, -0.25) is 0 Å². The lowest BCUT2D eigenvalue weighted by Crippen LogP contribution is -2.24. The Balaban J connectivity index is 2.73. The van der Waals surface area contributed by atoms with Crippen LogP contribution in [0.15, 0.2) is 12.4 Å². The Hall–Kier alpha value is -1.87. The maximum atomic E-state index is 8.69. The minimum Gasteiger partial charge on any atom is -0.358 e. The summed E-state index contributed by atoms with van der Waals surface area (Å²) in [6.45, 7) is 2.48. The monoisotopic (exact) mass is 206 g/mol. The summed E-state index contributed by atoms with van der Waals surface area (Å²) in [7, 11) is 1.87. The van der Waals surface area contributed by atoms with Crippen LogP contribution in [-0.4, -0.2) is 23.6 Å². The number of hydrogen-bond acceptors (Lipinski definition) is 6. The Labute approximate surface area is 88.7 Å². The molecule has 15 heavy (non-hydrogen) atoms. The molecule has 0 aliphatic heterocycles. The van der Waals surface area contributed by atoms with E-state index in [0.29, 0.717) is 12.4 Å². The van der Waals surface area contributed by atoms with Gasteiger partial charge in [-0.25, -0.2) is 15.8 Å². The molecule has 3 N–H and O–H groups in total. The van der Waals surface area contributed by atoms with Crippen LogP contribution in [0.3, 0.4) is 0 Å². The third-order valence-corrected chi connectivity index (χ3v) is 1.96. The molecule has 6 nitrogen and oxygen atoms in total. The van der Waals surface area contributed by atoms with Crippen LogP contribution in [0.25, 0.3) is 0 Å². The molecule has 0 amide bonds. The van der Waals surface area contributed by atoms with E-state index in [4.69, 9.17) is 11.1 Å². The number of aromatic nitrogens is 2. The maximum Gasteiger partial charge on any atom is 0.145 e. The predicted molar refractivity (Wildman–Crippen MR) is 57.9 cm³/mol. The Kier molecular flexibility index (Phi) is 3.83. The van der Waals surface area contributed by atoms with Crippen molar-refractivity contribution in [3.63, 3.8) is 0 Å². The number of nitriles is 1. The highest BCUT2D eigenvalue weighted by Crippen LogP contribution is 2.12. The summed E-state index contributed by atoms with van der Waals surface area (Å²) in [5.74, 6) is 6.48. The Bertz CT molecular complexity index is 358. The van der Waals surface area contributed by atoms with Gasteiger partial charge in [-0.1, -0.05) is 0 Å². The zero-order valence-corrected chi connectivity index (χ0v) is 8.81. The second kappa shape index (κ2) is 5.12. The van der Waals surface area contributed by atoms with Gasteiger partial charge in [0.05, 0.1) is 12.0 Å². The molecule has 0 saturated carbocycles. The van der Waals surface area contributed by atoms with Crippen molar-refractivity contribution in [2.24, 2.45) is 11.8 Å². The number of nitrogens with zero attached hydrogens (tertiary/aromatic N) is 4. The smallest absolute Gasteiger partial charge is 0.145 e. The number of rotatable bonds is 4. The minimum atomic E-state index is -0.0424. The summed E-state index contributed by atoms with van der Waals surface area (Å²) < 4.78 is 0. The first kappa shape index (κ1) is 11.2. The van der Waals surface area contributed by atoms with Gasteiger partial charge in [0.2, 0.25) is 0 Å². The molecule has 0 aromatic carbocycles. The summed E-state index contributed by atoms with van der Waals surface area (Å²) >= 11 is 0. The van der Waals surface area contributed by atoms with Crippen molar-refractivity contribution in [1.29, 1.82) is 5.26 Å². The lowest BCUT2D eigenvalue weighted by Gasteiger charge is -2.19. The number of hydrogen-bond donors (Lipinski definition) is 2. The van der Waals surface area contributed by atoms with Crippen LogP contribution in [-0.2, 0) is 0 Å². The van der Waals surface area contributed by atoms with Gasteiger partial charge in [-0.15, -0.1) is 0 Å². The number of nitrogens with one attached hydrogen (secondary N) is 1. The van der Waals surface area contributed by atoms with Crippen LogP contribution in [0.1, 0.15) is 6.92 Å². The molecule has 0 bridgehead atoms. The Morgan fingerprint density at radius 3 is 3.00 bits per heavy atom. The molecule has 0 radical (unpaired) electrons. The van der Waals surface area contributed by atoms with Gasteiger partial charge in [0, 0.05) is 19.7 Å². The van der Waals surface area contributed by atoms with Gasteiger partial charge >= 0.3 is 0 Å². The van der Waals surface area contributed by atoms with Gasteiger partial charge in [-0.2, -0.15) is 5.26 Å². The summed E-state index contributed by atoms with van der Waals surface area (Å²) in [6.07, 6.45) is 1.43. The first-order valence-electron chi connectivity index (χ1n) is 4.56. The number of anilines is 2. The number of nitrogens with two attached hydrogens (primary N) is 1. The van der Waals surface area contributed by atoms with Crippen molar-refractivity contribution in [2.45, 2.75) is 6.92 Å². The molecule has 1 heterocycles. The molecule has 80 valence electrons. The lowest BCUT2D eigenvalue weighted by molar-refractivity contribution is 0.709. The van der Waals surface area contributed by atoms with Gasteiger partial charge in [0.25, 0.3) is 0 Å². The molecule has 6 heteroatoms.